The van der Waals surface area contributed by atoms with Gasteiger partial charge in [-0.1, -0.05) is 0 Å². The molecule has 7 nitrogen and oxygen atoms in total. The molecule has 1 aliphatic rings. The number of methoxy groups -OCH3 is 2. The standard InChI is InChI=1S/C15H24N2O5S/c1-11-9-17(10-12(2)22-11)23(18,19)16-8-13-7-14(20-3)5-6-15(13)21-4/h5-7,11-12,16H,8-10H2,1-4H3. The van der Waals surface area contributed by atoms with Gasteiger partial charge < -0.3 is 14.2 Å². The quantitative estimate of drug-likeness (QED) is 0.838. The van der Waals surface area contributed by atoms with Gasteiger partial charge in [0.2, 0.25) is 0 Å². The molecular formula is C15H24N2O5S. The molecule has 0 bridgehead atoms. The molecule has 1 aliphatic heterocycles. The molecule has 0 aromatic heterocycles. The van der Waals surface area contributed by atoms with Crippen molar-refractivity contribution < 1.29 is 22.6 Å². The Kier molecular flexibility index (Phi) is 5.85. The minimum absolute atomic E-state index is 0.123. The zero-order valence-electron chi connectivity index (χ0n) is 13.9. The topological polar surface area (TPSA) is 77.1 Å². The van der Waals surface area contributed by atoms with Crippen molar-refractivity contribution in [2.45, 2.75) is 32.6 Å². The maximum absolute atomic E-state index is 12.5. The average Bonchev–Trinajstić information content (AvgIpc) is 2.51. The minimum atomic E-state index is -3.58. The smallest absolute Gasteiger partial charge is 0.279 e. The zero-order valence-corrected chi connectivity index (χ0v) is 14.7. The van der Waals surface area contributed by atoms with E-state index in [2.05, 4.69) is 4.72 Å². The van der Waals surface area contributed by atoms with E-state index < -0.39 is 10.2 Å². The third-order valence-corrected chi connectivity index (χ3v) is 5.15. The highest BCUT2D eigenvalue weighted by atomic mass is 32.2. The van der Waals surface area contributed by atoms with Crippen LogP contribution in [0, 0.1) is 0 Å². The first-order valence-electron chi connectivity index (χ1n) is 7.46. The van der Waals surface area contributed by atoms with Crippen LogP contribution >= 0.6 is 0 Å². The number of benzene rings is 1. The van der Waals surface area contributed by atoms with Gasteiger partial charge in [-0.15, -0.1) is 0 Å². The Hall–Kier alpha value is -1.35. The number of hydrogen-bond donors (Lipinski definition) is 1. The van der Waals surface area contributed by atoms with Gasteiger partial charge in [0.25, 0.3) is 10.2 Å². The second kappa shape index (κ2) is 7.48. The summed E-state index contributed by atoms with van der Waals surface area (Å²) in [5.74, 6) is 1.26. The third kappa shape index (κ3) is 4.57. The summed E-state index contributed by atoms with van der Waals surface area (Å²) in [6.45, 7) is 4.54. The number of ether oxygens (including phenoxy) is 3. The highest BCUT2D eigenvalue weighted by Gasteiger charge is 2.30. The lowest BCUT2D eigenvalue weighted by atomic mass is 10.2. The van der Waals surface area contributed by atoms with E-state index in [1.165, 1.54) is 4.31 Å². The molecule has 2 rings (SSSR count). The molecule has 1 heterocycles. The number of rotatable bonds is 6. The number of nitrogens with one attached hydrogen (secondary N) is 1. The number of morpholine rings is 1. The second-order valence-electron chi connectivity index (χ2n) is 5.58. The van der Waals surface area contributed by atoms with Crippen molar-refractivity contribution in [1.82, 2.24) is 9.03 Å². The van der Waals surface area contributed by atoms with E-state index in [0.717, 1.165) is 0 Å². The van der Waals surface area contributed by atoms with E-state index in [4.69, 9.17) is 14.2 Å². The summed E-state index contributed by atoms with van der Waals surface area (Å²) in [5.41, 5.74) is 0.713. The molecule has 0 aliphatic carbocycles. The van der Waals surface area contributed by atoms with Crippen LogP contribution in [-0.2, 0) is 21.5 Å². The van der Waals surface area contributed by atoms with Crippen LogP contribution in [0.25, 0.3) is 0 Å². The Bertz CT molecular complexity index is 625. The summed E-state index contributed by atoms with van der Waals surface area (Å²) in [4.78, 5) is 0. The summed E-state index contributed by atoms with van der Waals surface area (Å²) in [6, 6.07) is 5.27. The second-order valence-corrected chi connectivity index (χ2v) is 7.33. The summed E-state index contributed by atoms with van der Waals surface area (Å²) in [5, 5.41) is 0. The molecule has 0 spiro atoms. The van der Waals surface area contributed by atoms with Crippen LogP contribution in [0.2, 0.25) is 0 Å². The Morgan fingerprint density at radius 1 is 1.22 bits per heavy atom. The Morgan fingerprint density at radius 3 is 2.43 bits per heavy atom. The van der Waals surface area contributed by atoms with E-state index in [-0.39, 0.29) is 18.8 Å². The average molecular weight is 344 g/mol. The molecule has 1 fully saturated rings. The van der Waals surface area contributed by atoms with Crippen LogP contribution in [0.5, 0.6) is 11.5 Å². The van der Waals surface area contributed by atoms with Crippen molar-refractivity contribution in [3.8, 4) is 11.5 Å². The van der Waals surface area contributed by atoms with Crippen molar-refractivity contribution in [2.75, 3.05) is 27.3 Å². The van der Waals surface area contributed by atoms with Crippen molar-refractivity contribution in [3.63, 3.8) is 0 Å². The van der Waals surface area contributed by atoms with Crippen LogP contribution in [0.1, 0.15) is 19.4 Å². The predicted molar refractivity (Wildman–Crippen MR) is 86.9 cm³/mol. The fourth-order valence-corrected chi connectivity index (χ4v) is 3.94. The Morgan fingerprint density at radius 2 is 1.87 bits per heavy atom. The molecule has 23 heavy (non-hydrogen) atoms. The monoisotopic (exact) mass is 344 g/mol. The molecule has 0 amide bonds. The van der Waals surface area contributed by atoms with Gasteiger partial charge in [-0.25, -0.2) is 0 Å². The van der Waals surface area contributed by atoms with Gasteiger partial charge in [0, 0.05) is 25.2 Å². The van der Waals surface area contributed by atoms with Gasteiger partial charge in [0.05, 0.1) is 26.4 Å². The highest BCUT2D eigenvalue weighted by molar-refractivity contribution is 7.87. The van der Waals surface area contributed by atoms with E-state index in [1.807, 2.05) is 13.8 Å². The molecule has 1 aromatic carbocycles. The van der Waals surface area contributed by atoms with Crippen LogP contribution in [-0.4, -0.2) is 52.2 Å². The van der Waals surface area contributed by atoms with Crippen LogP contribution < -0.4 is 14.2 Å². The molecule has 1 saturated heterocycles. The molecule has 0 saturated carbocycles. The fourth-order valence-electron chi connectivity index (χ4n) is 2.61. The molecule has 1 N–H and O–H groups in total. The molecule has 8 heteroatoms. The van der Waals surface area contributed by atoms with Gasteiger partial charge in [-0.3, -0.25) is 0 Å². The van der Waals surface area contributed by atoms with Gasteiger partial charge in [-0.05, 0) is 32.0 Å². The van der Waals surface area contributed by atoms with Crippen LogP contribution in [0.4, 0.5) is 0 Å². The summed E-state index contributed by atoms with van der Waals surface area (Å²) >= 11 is 0. The molecule has 2 unspecified atom stereocenters. The van der Waals surface area contributed by atoms with Gasteiger partial charge in [0.1, 0.15) is 11.5 Å². The molecule has 1 aromatic rings. The normalized spacial score (nSPS) is 22.8. The van der Waals surface area contributed by atoms with Crippen molar-refractivity contribution in [3.05, 3.63) is 23.8 Å². The fraction of sp³-hybridized carbons (Fsp3) is 0.600. The molecule has 2 atom stereocenters. The van der Waals surface area contributed by atoms with Gasteiger partial charge >= 0.3 is 0 Å². The maximum Gasteiger partial charge on any atom is 0.279 e. The summed E-state index contributed by atoms with van der Waals surface area (Å²) in [7, 11) is -0.476. The van der Waals surface area contributed by atoms with Crippen molar-refractivity contribution in [2.24, 2.45) is 0 Å². The molecule has 0 radical (unpaired) electrons. The largest absolute Gasteiger partial charge is 0.497 e. The van der Waals surface area contributed by atoms with E-state index >= 15 is 0 Å². The predicted octanol–water partition coefficient (Wildman–Crippen LogP) is 1.15. The SMILES string of the molecule is COc1ccc(OC)c(CNS(=O)(=O)N2CC(C)OC(C)C2)c1. The van der Waals surface area contributed by atoms with Crippen LogP contribution in [0.15, 0.2) is 18.2 Å². The number of hydrogen-bond acceptors (Lipinski definition) is 5. The van der Waals surface area contributed by atoms with Crippen molar-refractivity contribution >= 4 is 10.2 Å². The minimum Gasteiger partial charge on any atom is -0.497 e. The lowest BCUT2D eigenvalue weighted by molar-refractivity contribution is -0.0444. The maximum atomic E-state index is 12.5. The Balaban J connectivity index is 2.10. The van der Waals surface area contributed by atoms with E-state index in [1.54, 1.807) is 32.4 Å². The van der Waals surface area contributed by atoms with E-state index in [9.17, 15) is 8.42 Å². The highest BCUT2D eigenvalue weighted by Crippen LogP contribution is 2.24. The first kappa shape index (κ1) is 18.0. The van der Waals surface area contributed by atoms with Crippen LogP contribution in [0.3, 0.4) is 0 Å². The Labute approximate surface area is 137 Å². The lowest BCUT2D eigenvalue weighted by Crippen LogP contribution is -2.51. The third-order valence-electron chi connectivity index (χ3n) is 3.66. The van der Waals surface area contributed by atoms with E-state index in [0.29, 0.717) is 30.2 Å². The number of nitrogens with zero attached hydrogens (tertiary/aromatic N) is 1. The first-order chi connectivity index (χ1) is 10.9. The van der Waals surface area contributed by atoms with Crippen molar-refractivity contribution in [1.29, 1.82) is 0 Å². The summed E-state index contributed by atoms with van der Waals surface area (Å²) in [6.07, 6.45) is -0.247. The van der Waals surface area contributed by atoms with Gasteiger partial charge in [-0.2, -0.15) is 17.4 Å². The summed E-state index contributed by atoms with van der Waals surface area (Å²) < 4.78 is 45.0. The lowest BCUT2D eigenvalue weighted by Gasteiger charge is -2.34. The molecule has 130 valence electrons. The first-order valence-corrected chi connectivity index (χ1v) is 8.91. The molecular weight excluding hydrogens is 320 g/mol. The zero-order chi connectivity index (χ0) is 17.0. The van der Waals surface area contributed by atoms with Gasteiger partial charge in [0.15, 0.2) is 0 Å².